The number of ether oxygens (including phenoxy) is 2. The van der Waals surface area contributed by atoms with Crippen LogP contribution in [0.2, 0.25) is 0 Å². The van der Waals surface area contributed by atoms with Crippen LogP contribution in [0, 0.1) is 0 Å². The number of unbranched alkanes of at least 4 members (excludes halogenated alkanes) is 28. The van der Waals surface area contributed by atoms with E-state index < -0.39 is 26.5 Å². The zero-order chi connectivity index (χ0) is 58.7. The number of hydrogen-bond acceptors (Lipinski definition) is 8. The summed E-state index contributed by atoms with van der Waals surface area (Å²) in [6, 6.07) is 0. The van der Waals surface area contributed by atoms with Crippen molar-refractivity contribution < 1.29 is 37.6 Å². The second-order valence-corrected chi connectivity index (χ2v) is 23.1. The fourth-order valence-corrected chi connectivity index (χ4v) is 9.74. The van der Waals surface area contributed by atoms with Crippen LogP contribution in [-0.2, 0) is 32.7 Å². The summed E-state index contributed by atoms with van der Waals surface area (Å²) < 4.78 is 33.1. The SMILES string of the molecule is CC/C=C\C/C=C\C/C=C\C/C=C\C/C=C\C/C=C\C/C=C\C/C=C\C/C=C\CCCCCCCCCCCC(=O)OC(COC(=O)CCCCCCCCCCCCC/C=C\CCCCCCCCCC)COP(=O)(O)OCCN. The van der Waals surface area contributed by atoms with Gasteiger partial charge in [-0.15, -0.1) is 0 Å². The molecule has 81 heavy (non-hydrogen) atoms. The van der Waals surface area contributed by atoms with Gasteiger partial charge in [-0.1, -0.05) is 283 Å². The van der Waals surface area contributed by atoms with E-state index in [9.17, 15) is 19.0 Å². The maximum atomic E-state index is 12.7. The Kier molecular flexibility index (Phi) is 62.7. The second kappa shape index (κ2) is 65.6. The molecule has 9 nitrogen and oxygen atoms in total. The fourth-order valence-electron chi connectivity index (χ4n) is 8.98. The van der Waals surface area contributed by atoms with Gasteiger partial charge in [0.2, 0.25) is 0 Å². The molecular formula is C71H122NO8P. The van der Waals surface area contributed by atoms with E-state index in [1.807, 2.05) is 0 Å². The molecule has 3 N–H and O–H groups in total. The maximum absolute atomic E-state index is 12.7. The molecule has 0 aliphatic rings. The summed E-state index contributed by atoms with van der Waals surface area (Å²) in [6.45, 7) is 3.64. The lowest BCUT2D eigenvalue weighted by atomic mass is 10.0. The predicted molar refractivity (Wildman–Crippen MR) is 348 cm³/mol. The molecule has 0 amide bonds. The summed E-state index contributed by atoms with van der Waals surface area (Å²) in [5.74, 6) is -0.835. The fraction of sp³-hybridized carbons (Fsp3) is 0.690. The Bertz CT molecular complexity index is 1740. The molecule has 0 fully saturated rings. The highest BCUT2D eigenvalue weighted by atomic mass is 31.2. The van der Waals surface area contributed by atoms with E-state index in [0.717, 1.165) is 103 Å². The molecule has 0 saturated heterocycles. The first kappa shape index (κ1) is 77.4. The lowest BCUT2D eigenvalue weighted by molar-refractivity contribution is -0.161. The number of esters is 2. The van der Waals surface area contributed by atoms with Crippen molar-refractivity contribution in [2.24, 2.45) is 5.73 Å². The van der Waals surface area contributed by atoms with E-state index in [2.05, 4.69) is 135 Å². The van der Waals surface area contributed by atoms with Gasteiger partial charge in [-0.2, -0.15) is 0 Å². The van der Waals surface area contributed by atoms with Crippen LogP contribution >= 0.6 is 7.82 Å². The van der Waals surface area contributed by atoms with Crippen LogP contribution in [0.15, 0.2) is 122 Å². The lowest BCUT2D eigenvalue weighted by Crippen LogP contribution is -2.29. The van der Waals surface area contributed by atoms with Crippen LogP contribution in [0.4, 0.5) is 0 Å². The molecule has 2 atom stereocenters. The van der Waals surface area contributed by atoms with Crippen molar-refractivity contribution in [3.63, 3.8) is 0 Å². The van der Waals surface area contributed by atoms with Crippen molar-refractivity contribution in [2.45, 2.75) is 290 Å². The third-order valence-corrected chi connectivity index (χ3v) is 14.8. The molecule has 0 rings (SSSR count). The van der Waals surface area contributed by atoms with Crippen LogP contribution in [0.25, 0.3) is 0 Å². The average molecular weight is 1150 g/mol. The monoisotopic (exact) mass is 1150 g/mol. The van der Waals surface area contributed by atoms with E-state index in [1.165, 1.54) is 148 Å². The second-order valence-electron chi connectivity index (χ2n) is 21.6. The smallest absolute Gasteiger partial charge is 0.462 e. The van der Waals surface area contributed by atoms with Crippen LogP contribution < -0.4 is 5.73 Å². The molecule has 0 saturated carbocycles. The minimum absolute atomic E-state index is 0.0476. The van der Waals surface area contributed by atoms with E-state index in [-0.39, 0.29) is 38.6 Å². The quantitative estimate of drug-likeness (QED) is 0.0264. The molecule has 0 heterocycles. The number of phosphoric acid groups is 1. The molecule has 0 aliphatic carbocycles. The van der Waals surface area contributed by atoms with Crippen molar-refractivity contribution in [1.29, 1.82) is 0 Å². The summed E-state index contributed by atoms with van der Waals surface area (Å²) in [5.41, 5.74) is 5.39. The number of carbonyl (C=O) groups excluding carboxylic acids is 2. The number of phosphoric ester groups is 1. The number of nitrogens with two attached hydrogens (primary N) is 1. The van der Waals surface area contributed by atoms with Crippen molar-refractivity contribution in [1.82, 2.24) is 0 Å². The van der Waals surface area contributed by atoms with Crippen molar-refractivity contribution in [2.75, 3.05) is 26.4 Å². The van der Waals surface area contributed by atoms with Gasteiger partial charge in [-0.3, -0.25) is 18.6 Å². The van der Waals surface area contributed by atoms with Crippen molar-refractivity contribution in [3.8, 4) is 0 Å². The molecule has 0 bridgehead atoms. The van der Waals surface area contributed by atoms with Gasteiger partial charge < -0.3 is 20.1 Å². The van der Waals surface area contributed by atoms with E-state index in [4.69, 9.17) is 24.3 Å². The summed E-state index contributed by atoms with van der Waals surface area (Å²) in [5, 5.41) is 0. The average Bonchev–Trinajstić information content (AvgIpc) is 3.46. The molecule has 10 heteroatoms. The maximum Gasteiger partial charge on any atom is 0.472 e. The zero-order valence-electron chi connectivity index (χ0n) is 52.0. The van der Waals surface area contributed by atoms with Gasteiger partial charge in [0.25, 0.3) is 0 Å². The van der Waals surface area contributed by atoms with Crippen LogP contribution in [0.3, 0.4) is 0 Å². The molecule has 0 radical (unpaired) electrons. The number of carbonyl (C=O) groups is 2. The largest absolute Gasteiger partial charge is 0.472 e. The Labute approximate surface area is 498 Å². The third-order valence-electron chi connectivity index (χ3n) is 13.8. The van der Waals surface area contributed by atoms with E-state index >= 15 is 0 Å². The minimum Gasteiger partial charge on any atom is -0.462 e. The van der Waals surface area contributed by atoms with Crippen LogP contribution in [0.5, 0.6) is 0 Å². The summed E-state index contributed by atoms with van der Waals surface area (Å²) >= 11 is 0. The predicted octanol–water partition coefficient (Wildman–Crippen LogP) is 21.5. The molecule has 0 aromatic heterocycles. The highest BCUT2D eigenvalue weighted by molar-refractivity contribution is 7.47. The Balaban J connectivity index is 3.97. The van der Waals surface area contributed by atoms with Gasteiger partial charge in [0.1, 0.15) is 6.61 Å². The van der Waals surface area contributed by atoms with Crippen molar-refractivity contribution in [3.05, 3.63) is 122 Å². The molecule has 0 aromatic carbocycles. The molecule has 0 aliphatic heterocycles. The zero-order valence-corrected chi connectivity index (χ0v) is 52.9. The third kappa shape index (κ3) is 65.4. The minimum atomic E-state index is -4.40. The van der Waals surface area contributed by atoms with E-state index in [0.29, 0.717) is 6.42 Å². The normalized spacial score (nSPS) is 13.8. The standard InChI is InChI=1S/C71H122NO8P/c1-3-5-7-9-11-13-15-17-19-21-23-25-27-28-29-30-31-32-33-34-35-36-37-38-39-40-42-44-46-48-50-52-54-56-58-60-62-64-71(74)80-69(68-79-81(75,76)78-66-65-72)67-77-70(73)63-61-59-57-55-53-51-49-47-45-43-41-26-24-22-20-18-16-14-12-10-8-6-4-2/h5,7,11,13,17,19,22-25,28-29,31-32,34-35,37-38,40,42,69H,3-4,6,8-10,12,14-16,18,20-21,26-27,30,33,36,39,41,43-68,72H2,1-2H3,(H,75,76)/b7-5-,13-11-,19-17-,24-22-,25-23-,29-28-,32-31-,35-34-,38-37-,42-40-. The number of rotatable bonds is 61. The Morgan fingerprint density at radius 2 is 0.679 bits per heavy atom. The first-order chi connectivity index (χ1) is 39.8. The van der Waals surface area contributed by atoms with Gasteiger partial charge in [-0.05, 0) is 109 Å². The first-order valence-corrected chi connectivity index (χ1v) is 34.5. The Hall–Kier alpha value is -3.59. The summed E-state index contributed by atoms with van der Waals surface area (Å²) in [6.07, 6.45) is 91.3. The first-order valence-electron chi connectivity index (χ1n) is 33.0. The molecule has 464 valence electrons. The molecule has 0 spiro atoms. The Morgan fingerprint density at radius 1 is 0.383 bits per heavy atom. The van der Waals surface area contributed by atoms with Gasteiger partial charge in [0, 0.05) is 19.4 Å². The highest BCUT2D eigenvalue weighted by Gasteiger charge is 2.26. The molecule has 0 aromatic rings. The van der Waals surface area contributed by atoms with Gasteiger partial charge in [-0.25, -0.2) is 4.57 Å². The number of allylic oxidation sites excluding steroid dienone is 20. The number of hydrogen-bond donors (Lipinski definition) is 2. The van der Waals surface area contributed by atoms with Crippen LogP contribution in [0.1, 0.15) is 284 Å². The summed E-state index contributed by atoms with van der Waals surface area (Å²) in [7, 11) is -4.40. The van der Waals surface area contributed by atoms with Crippen LogP contribution in [-0.4, -0.2) is 49.3 Å². The molecule has 2 unspecified atom stereocenters. The van der Waals surface area contributed by atoms with Gasteiger partial charge >= 0.3 is 19.8 Å². The topological polar surface area (TPSA) is 134 Å². The van der Waals surface area contributed by atoms with Crippen molar-refractivity contribution >= 4 is 19.8 Å². The highest BCUT2D eigenvalue weighted by Crippen LogP contribution is 2.43. The molecular weight excluding hydrogens is 1030 g/mol. The Morgan fingerprint density at radius 3 is 1.02 bits per heavy atom. The lowest BCUT2D eigenvalue weighted by Gasteiger charge is -2.19. The van der Waals surface area contributed by atoms with E-state index in [1.54, 1.807) is 0 Å². The van der Waals surface area contributed by atoms with Gasteiger partial charge in [0.15, 0.2) is 6.10 Å². The van der Waals surface area contributed by atoms with Gasteiger partial charge in [0.05, 0.1) is 13.2 Å². The summed E-state index contributed by atoms with van der Waals surface area (Å²) in [4.78, 5) is 35.3.